The van der Waals surface area contributed by atoms with Gasteiger partial charge in [0, 0.05) is 17.9 Å². The first-order valence-corrected chi connectivity index (χ1v) is 12.8. The zero-order chi connectivity index (χ0) is 24.8. The van der Waals surface area contributed by atoms with Gasteiger partial charge < -0.3 is 19.5 Å². The number of benzene rings is 3. The van der Waals surface area contributed by atoms with Gasteiger partial charge in [-0.3, -0.25) is 9.52 Å². The van der Waals surface area contributed by atoms with Gasteiger partial charge in [-0.15, -0.1) is 0 Å². The van der Waals surface area contributed by atoms with Crippen LogP contribution in [0.15, 0.2) is 71.6 Å². The molecule has 8 nitrogen and oxygen atoms in total. The highest BCUT2D eigenvalue weighted by molar-refractivity contribution is 7.92. The first kappa shape index (κ1) is 24.6. The van der Waals surface area contributed by atoms with Crippen molar-refractivity contribution in [3.63, 3.8) is 0 Å². The standard InChI is InChI=1S/C26H28N2O6S/c1-18-9-12-20(16-25(18)35(30,31)28-23-7-3-4-8-24(23)32-2)27-26(29)19-10-13-21(14-11-19)34-17-22-6-5-15-33-22/h3-4,7-14,16,22,28H,5-6,15,17H2,1-2H3,(H,27,29). The summed E-state index contributed by atoms with van der Waals surface area (Å²) in [5, 5.41) is 2.76. The summed E-state index contributed by atoms with van der Waals surface area (Å²) in [5.41, 5.74) is 1.65. The van der Waals surface area contributed by atoms with Gasteiger partial charge in [0.05, 0.1) is 23.8 Å². The minimum absolute atomic E-state index is 0.0547. The molecule has 0 spiro atoms. The smallest absolute Gasteiger partial charge is 0.262 e. The van der Waals surface area contributed by atoms with E-state index in [0.717, 1.165) is 19.4 Å². The SMILES string of the molecule is COc1ccccc1NS(=O)(=O)c1cc(NC(=O)c2ccc(OCC3CCCO3)cc2)ccc1C. The van der Waals surface area contributed by atoms with Crippen molar-refractivity contribution in [2.45, 2.75) is 30.8 Å². The summed E-state index contributed by atoms with van der Waals surface area (Å²) in [6.07, 6.45) is 2.15. The van der Waals surface area contributed by atoms with Crippen molar-refractivity contribution >= 4 is 27.3 Å². The maximum absolute atomic E-state index is 13.1. The van der Waals surface area contributed by atoms with Crippen LogP contribution < -0.4 is 19.5 Å². The third-order valence-electron chi connectivity index (χ3n) is 5.66. The van der Waals surface area contributed by atoms with Crippen LogP contribution in [0.2, 0.25) is 0 Å². The van der Waals surface area contributed by atoms with Crippen molar-refractivity contribution in [3.05, 3.63) is 77.9 Å². The van der Waals surface area contributed by atoms with Crippen molar-refractivity contribution in [2.24, 2.45) is 0 Å². The molecule has 3 aromatic carbocycles. The minimum Gasteiger partial charge on any atom is -0.495 e. The molecule has 1 fully saturated rings. The fourth-order valence-electron chi connectivity index (χ4n) is 3.77. The lowest BCUT2D eigenvalue weighted by Crippen LogP contribution is -2.17. The van der Waals surface area contributed by atoms with Crippen molar-refractivity contribution < 1.29 is 27.4 Å². The third-order valence-corrected chi connectivity index (χ3v) is 7.17. The van der Waals surface area contributed by atoms with Crippen molar-refractivity contribution in [3.8, 4) is 11.5 Å². The molecule has 0 radical (unpaired) electrons. The number of hydrogen-bond acceptors (Lipinski definition) is 6. The van der Waals surface area contributed by atoms with Crippen LogP contribution in [-0.2, 0) is 14.8 Å². The molecule has 9 heteroatoms. The highest BCUT2D eigenvalue weighted by Gasteiger charge is 2.20. The van der Waals surface area contributed by atoms with E-state index in [4.69, 9.17) is 14.2 Å². The molecular weight excluding hydrogens is 468 g/mol. The van der Waals surface area contributed by atoms with Gasteiger partial charge in [0.15, 0.2) is 0 Å². The second-order valence-electron chi connectivity index (χ2n) is 8.21. The van der Waals surface area contributed by atoms with Gasteiger partial charge in [-0.25, -0.2) is 8.42 Å². The zero-order valence-corrected chi connectivity index (χ0v) is 20.4. The minimum atomic E-state index is -3.93. The first-order valence-electron chi connectivity index (χ1n) is 11.3. The van der Waals surface area contributed by atoms with E-state index in [0.29, 0.717) is 40.6 Å². The molecule has 2 N–H and O–H groups in total. The average Bonchev–Trinajstić information content (AvgIpc) is 3.38. The van der Waals surface area contributed by atoms with E-state index in [1.165, 1.54) is 13.2 Å². The van der Waals surface area contributed by atoms with E-state index in [1.54, 1.807) is 67.6 Å². The molecule has 184 valence electrons. The summed E-state index contributed by atoms with van der Waals surface area (Å²) in [4.78, 5) is 12.8. The van der Waals surface area contributed by atoms with E-state index >= 15 is 0 Å². The van der Waals surface area contributed by atoms with Crippen molar-refractivity contribution in [2.75, 3.05) is 30.4 Å². The topological polar surface area (TPSA) is 103 Å². The largest absolute Gasteiger partial charge is 0.495 e. The second-order valence-corrected chi connectivity index (χ2v) is 9.86. The summed E-state index contributed by atoms with van der Waals surface area (Å²) >= 11 is 0. The fraction of sp³-hybridized carbons (Fsp3) is 0.269. The predicted octanol–water partition coefficient (Wildman–Crippen LogP) is 4.61. The Morgan fingerprint density at radius 2 is 1.86 bits per heavy atom. The number of anilines is 2. The number of rotatable bonds is 9. The maximum Gasteiger partial charge on any atom is 0.262 e. The summed E-state index contributed by atoms with van der Waals surface area (Å²) in [5.74, 6) is 0.699. The highest BCUT2D eigenvalue weighted by atomic mass is 32.2. The van der Waals surface area contributed by atoms with Crippen LogP contribution in [0.4, 0.5) is 11.4 Å². The third kappa shape index (κ3) is 6.12. The summed E-state index contributed by atoms with van der Waals surface area (Å²) in [6.45, 7) is 2.94. The van der Waals surface area contributed by atoms with Gasteiger partial charge >= 0.3 is 0 Å². The van der Waals surface area contributed by atoms with Crippen LogP contribution in [0.25, 0.3) is 0 Å². The molecule has 1 saturated heterocycles. The fourth-order valence-corrected chi connectivity index (χ4v) is 5.11. The van der Waals surface area contributed by atoms with Gasteiger partial charge in [0.1, 0.15) is 18.1 Å². The number of aryl methyl sites for hydroxylation is 1. The quantitative estimate of drug-likeness (QED) is 0.448. The lowest BCUT2D eigenvalue weighted by molar-refractivity contribution is 0.0679. The molecule has 35 heavy (non-hydrogen) atoms. The normalized spacial score (nSPS) is 15.4. The molecule has 0 aromatic heterocycles. The lowest BCUT2D eigenvalue weighted by atomic mass is 10.2. The Balaban J connectivity index is 1.44. The predicted molar refractivity (Wildman–Crippen MR) is 134 cm³/mol. The molecule has 3 aromatic rings. The van der Waals surface area contributed by atoms with E-state index in [1.807, 2.05) is 0 Å². The number of methoxy groups -OCH3 is 1. The molecule has 1 heterocycles. The molecule has 1 unspecified atom stereocenters. The van der Waals surface area contributed by atoms with Gasteiger partial charge in [-0.2, -0.15) is 0 Å². The number of ether oxygens (including phenoxy) is 3. The number of amides is 1. The van der Waals surface area contributed by atoms with Gasteiger partial charge in [-0.1, -0.05) is 18.2 Å². The number of carbonyl (C=O) groups excluding carboxylic acids is 1. The molecule has 0 aliphatic carbocycles. The summed E-state index contributed by atoms with van der Waals surface area (Å²) in [7, 11) is -2.46. The number of para-hydroxylation sites is 2. The van der Waals surface area contributed by atoms with Gasteiger partial charge in [0.2, 0.25) is 0 Å². The van der Waals surface area contributed by atoms with Crippen molar-refractivity contribution in [1.29, 1.82) is 0 Å². The van der Waals surface area contributed by atoms with E-state index in [2.05, 4.69) is 10.0 Å². The Kier molecular flexibility index (Phi) is 7.57. The molecule has 0 saturated carbocycles. The van der Waals surface area contributed by atoms with Crippen LogP contribution in [0, 0.1) is 6.92 Å². The maximum atomic E-state index is 13.1. The molecule has 1 aliphatic rings. The Morgan fingerprint density at radius 3 is 2.57 bits per heavy atom. The van der Waals surface area contributed by atoms with Crippen LogP contribution >= 0.6 is 0 Å². The first-order chi connectivity index (χ1) is 16.9. The van der Waals surface area contributed by atoms with Crippen LogP contribution in [-0.4, -0.2) is 40.8 Å². The Bertz CT molecular complexity index is 1290. The Morgan fingerprint density at radius 1 is 1.09 bits per heavy atom. The summed E-state index contributed by atoms with van der Waals surface area (Å²) in [6, 6.07) is 18.3. The number of hydrogen-bond donors (Lipinski definition) is 2. The number of nitrogens with one attached hydrogen (secondary N) is 2. The number of sulfonamides is 1. The molecule has 1 atom stereocenters. The molecule has 4 rings (SSSR count). The molecule has 1 amide bonds. The Labute approximate surface area is 205 Å². The highest BCUT2D eigenvalue weighted by Crippen LogP contribution is 2.28. The van der Waals surface area contributed by atoms with Crippen molar-refractivity contribution in [1.82, 2.24) is 0 Å². The van der Waals surface area contributed by atoms with Crippen LogP contribution in [0.3, 0.4) is 0 Å². The lowest BCUT2D eigenvalue weighted by Gasteiger charge is -2.14. The zero-order valence-electron chi connectivity index (χ0n) is 19.6. The van der Waals surface area contributed by atoms with Gasteiger partial charge in [-0.05, 0) is 73.9 Å². The second kappa shape index (κ2) is 10.8. The van der Waals surface area contributed by atoms with E-state index < -0.39 is 10.0 Å². The number of carbonyl (C=O) groups is 1. The Hall–Kier alpha value is -3.56. The van der Waals surface area contributed by atoms with Crippen LogP contribution in [0.1, 0.15) is 28.8 Å². The molecular formula is C26H28N2O6S. The van der Waals surface area contributed by atoms with E-state index in [-0.39, 0.29) is 16.9 Å². The summed E-state index contributed by atoms with van der Waals surface area (Å²) < 4.78 is 45.3. The van der Waals surface area contributed by atoms with Gasteiger partial charge in [0.25, 0.3) is 15.9 Å². The van der Waals surface area contributed by atoms with E-state index in [9.17, 15) is 13.2 Å². The monoisotopic (exact) mass is 496 g/mol. The molecule has 1 aliphatic heterocycles. The average molecular weight is 497 g/mol. The molecule has 0 bridgehead atoms. The van der Waals surface area contributed by atoms with Crippen LogP contribution in [0.5, 0.6) is 11.5 Å².